The first-order chi connectivity index (χ1) is 14.5. The Labute approximate surface area is 175 Å². The van der Waals surface area contributed by atoms with Gasteiger partial charge < -0.3 is 9.88 Å². The van der Waals surface area contributed by atoms with Gasteiger partial charge in [0.2, 0.25) is 0 Å². The van der Waals surface area contributed by atoms with Gasteiger partial charge in [0.15, 0.2) is 0 Å². The highest BCUT2D eigenvalue weighted by Crippen LogP contribution is 2.18. The maximum absolute atomic E-state index is 13.3. The molecule has 0 spiro atoms. The summed E-state index contributed by atoms with van der Waals surface area (Å²) in [5, 5.41) is 0.953. The largest absolute Gasteiger partial charge is 0.330 e. The molecule has 0 aliphatic heterocycles. The molecule has 5 nitrogen and oxygen atoms in total. The number of amides is 1. The molecule has 1 N–H and O–H groups in total. The van der Waals surface area contributed by atoms with E-state index in [0.717, 1.165) is 27.6 Å². The maximum Gasteiger partial charge on any atom is 0.254 e. The quantitative estimate of drug-likeness (QED) is 0.543. The van der Waals surface area contributed by atoms with Gasteiger partial charge in [-0.3, -0.25) is 14.6 Å². The van der Waals surface area contributed by atoms with Crippen LogP contribution in [0, 0.1) is 13.8 Å². The van der Waals surface area contributed by atoms with E-state index in [1.807, 2.05) is 74.5 Å². The Morgan fingerprint density at radius 1 is 1.00 bits per heavy atom. The highest BCUT2D eigenvalue weighted by molar-refractivity contribution is 5.94. The molecule has 0 aliphatic rings. The van der Waals surface area contributed by atoms with Crippen LogP contribution in [0.5, 0.6) is 0 Å². The Bertz CT molecular complexity index is 1250. The molecule has 150 valence electrons. The van der Waals surface area contributed by atoms with E-state index in [0.29, 0.717) is 17.7 Å². The molecule has 0 unspecified atom stereocenters. The van der Waals surface area contributed by atoms with E-state index < -0.39 is 0 Å². The number of hydrogen-bond acceptors (Lipinski definition) is 3. The summed E-state index contributed by atoms with van der Waals surface area (Å²) in [5.41, 5.74) is 4.81. The Balaban J connectivity index is 1.71. The van der Waals surface area contributed by atoms with Gasteiger partial charge in [0.1, 0.15) is 0 Å². The third kappa shape index (κ3) is 4.15. The van der Waals surface area contributed by atoms with Crippen LogP contribution in [0.4, 0.5) is 0 Å². The van der Waals surface area contributed by atoms with Crippen molar-refractivity contribution in [1.29, 1.82) is 0 Å². The van der Waals surface area contributed by atoms with Crippen LogP contribution in [0.25, 0.3) is 10.9 Å². The fourth-order valence-electron chi connectivity index (χ4n) is 3.54. The highest BCUT2D eigenvalue weighted by Gasteiger charge is 2.19. The fourth-order valence-corrected chi connectivity index (χ4v) is 3.54. The van der Waals surface area contributed by atoms with Crippen LogP contribution in [0.15, 0.2) is 77.9 Å². The van der Waals surface area contributed by atoms with Crippen LogP contribution in [0.3, 0.4) is 0 Å². The molecule has 5 heteroatoms. The summed E-state index contributed by atoms with van der Waals surface area (Å²) in [5.74, 6) is -0.123. The van der Waals surface area contributed by atoms with E-state index in [-0.39, 0.29) is 18.0 Å². The first kappa shape index (κ1) is 19.6. The highest BCUT2D eigenvalue weighted by atomic mass is 16.2. The molecule has 0 atom stereocenters. The molecular formula is C25H23N3O2. The Morgan fingerprint density at radius 2 is 1.80 bits per heavy atom. The van der Waals surface area contributed by atoms with Crippen molar-refractivity contribution in [2.45, 2.75) is 26.9 Å². The van der Waals surface area contributed by atoms with E-state index >= 15 is 0 Å². The number of hydrogen-bond donors (Lipinski definition) is 1. The van der Waals surface area contributed by atoms with Crippen molar-refractivity contribution in [1.82, 2.24) is 14.9 Å². The summed E-state index contributed by atoms with van der Waals surface area (Å²) in [7, 11) is 0. The zero-order valence-corrected chi connectivity index (χ0v) is 17.1. The molecule has 0 bridgehead atoms. The second-order valence-corrected chi connectivity index (χ2v) is 7.55. The Hall–Kier alpha value is -3.73. The van der Waals surface area contributed by atoms with E-state index in [9.17, 15) is 9.59 Å². The number of benzene rings is 2. The molecule has 30 heavy (non-hydrogen) atoms. The lowest BCUT2D eigenvalue weighted by molar-refractivity contribution is 0.0729. The molecule has 0 radical (unpaired) electrons. The van der Waals surface area contributed by atoms with Gasteiger partial charge in [-0.2, -0.15) is 0 Å². The summed E-state index contributed by atoms with van der Waals surface area (Å²) in [4.78, 5) is 34.9. The van der Waals surface area contributed by atoms with Crippen LogP contribution < -0.4 is 5.56 Å². The van der Waals surface area contributed by atoms with Crippen molar-refractivity contribution < 1.29 is 4.79 Å². The minimum absolute atomic E-state index is 0.123. The number of fused-ring (bicyclic) bond motifs is 1. The van der Waals surface area contributed by atoms with Crippen molar-refractivity contribution in [2.75, 3.05) is 0 Å². The minimum atomic E-state index is -0.176. The smallest absolute Gasteiger partial charge is 0.254 e. The molecule has 0 fully saturated rings. The molecule has 1 amide bonds. The summed E-state index contributed by atoms with van der Waals surface area (Å²) >= 11 is 0. The molecule has 4 rings (SSSR count). The second-order valence-electron chi connectivity index (χ2n) is 7.55. The van der Waals surface area contributed by atoms with Gasteiger partial charge in [-0.05, 0) is 54.6 Å². The van der Waals surface area contributed by atoms with Crippen molar-refractivity contribution in [3.05, 3.63) is 111 Å². The van der Waals surface area contributed by atoms with Gasteiger partial charge in [-0.25, -0.2) is 0 Å². The average Bonchev–Trinajstić information content (AvgIpc) is 2.75. The summed E-state index contributed by atoms with van der Waals surface area (Å²) < 4.78 is 0. The summed E-state index contributed by atoms with van der Waals surface area (Å²) in [6.07, 6.45) is 3.44. The molecule has 0 aliphatic carbocycles. The monoisotopic (exact) mass is 397 g/mol. The third-order valence-electron chi connectivity index (χ3n) is 5.21. The van der Waals surface area contributed by atoms with Crippen molar-refractivity contribution in [2.24, 2.45) is 0 Å². The number of carbonyl (C=O) groups excluding carboxylic acids is 1. The van der Waals surface area contributed by atoms with Crippen LogP contribution in [0.1, 0.15) is 32.6 Å². The lowest BCUT2D eigenvalue weighted by Gasteiger charge is -2.23. The van der Waals surface area contributed by atoms with Gasteiger partial charge >= 0.3 is 0 Å². The predicted molar refractivity (Wildman–Crippen MR) is 118 cm³/mol. The standard InChI is InChI=1S/C25H23N3O2/c1-17-8-10-20(11-9-17)25(30)28(15-19-6-4-12-26-14-19)16-22-13-21-7-3-5-18(2)23(21)27-24(22)29/h3-14H,15-16H2,1-2H3,(H,27,29). The molecular weight excluding hydrogens is 374 g/mol. The van der Waals surface area contributed by atoms with E-state index in [1.165, 1.54) is 0 Å². The van der Waals surface area contributed by atoms with E-state index in [1.54, 1.807) is 17.3 Å². The molecule has 2 aromatic heterocycles. The SMILES string of the molecule is Cc1ccc(C(=O)N(Cc2cccnc2)Cc2cc3cccc(C)c3[nH]c2=O)cc1. The van der Waals surface area contributed by atoms with Gasteiger partial charge in [0, 0.05) is 30.1 Å². The lowest BCUT2D eigenvalue weighted by Crippen LogP contribution is -2.32. The minimum Gasteiger partial charge on any atom is -0.330 e. The van der Waals surface area contributed by atoms with Crippen LogP contribution in [-0.4, -0.2) is 20.8 Å². The number of aryl methyl sites for hydroxylation is 2. The Kier molecular flexibility index (Phi) is 5.44. The topological polar surface area (TPSA) is 66.1 Å². The van der Waals surface area contributed by atoms with Gasteiger partial charge in [-0.15, -0.1) is 0 Å². The van der Waals surface area contributed by atoms with Crippen molar-refractivity contribution >= 4 is 16.8 Å². The molecule has 0 saturated carbocycles. The molecule has 4 aromatic rings. The number of para-hydroxylation sites is 1. The van der Waals surface area contributed by atoms with Crippen molar-refractivity contribution in [3.63, 3.8) is 0 Å². The first-order valence-corrected chi connectivity index (χ1v) is 9.87. The van der Waals surface area contributed by atoms with Crippen molar-refractivity contribution in [3.8, 4) is 0 Å². The number of aromatic nitrogens is 2. The zero-order chi connectivity index (χ0) is 21.1. The van der Waals surface area contributed by atoms with Crippen LogP contribution >= 0.6 is 0 Å². The van der Waals surface area contributed by atoms with Crippen LogP contribution in [-0.2, 0) is 13.1 Å². The number of pyridine rings is 2. The van der Waals surface area contributed by atoms with Crippen LogP contribution in [0.2, 0.25) is 0 Å². The van der Waals surface area contributed by atoms with Gasteiger partial charge in [-0.1, -0.05) is 42.0 Å². The molecule has 2 heterocycles. The van der Waals surface area contributed by atoms with Gasteiger partial charge in [0.25, 0.3) is 11.5 Å². The number of rotatable bonds is 5. The molecule has 2 aromatic carbocycles. The lowest BCUT2D eigenvalue weighted by atomic mass is 10.1. The summed E-state index contributed by atoms with van der Waals surface area (Å²) in [6.45, 7) is 4.53. The second kappa shape index (κ2) is 8.33. The zero-order valence-electron chi connectivity index (χ0n) is 17.1. The fraction of sp³-hybridized carbons (Fsp3) is 0.160. The molecule has 0 saturated heterocycles. The summed E-state index contributed by atoms with van der Waals surface area (Å²) in [6, 6.07) is 19.0. The third-order valence-corrected chi connectivity index (χ3v) is 5.21. The number of aromatic amines is 1. The normalized spacial score (nSPS) is 10.9. The first-order valence-electron chi connectivity index (χ1n) is 9.87. The van der Waals surface area contributed by atoms with E-state index in [4.69, 9.17) is 0 Å². The number of nitrogens with zero attached hydrogens (tertiary/aromatic N) is 2. The maximum atomic E-state index is 13.3. The predicted octanol–water partition coefficient (Wildman–Crippen LogP) is 4.38. The van der Waals surface area contributed by atoms with E-state index in [2.05, 4.69) is 9.97 Å². The average molecular weight is 397 g/mol. The number of carbonyl (C=O) groups is 1. The Morgan fingerprint density at radius 3 is 2.53 bits per heavy atom. The number of H-pyrrole nitrogens is 1. The number of nitrogens with one attached hydrogen (secondary N) is 1. The van der Waals surface area contributed by atoms with Gasteiger partial charge in [0.05, 0.1) is 12.1 Å².